The lowest BCUT2D eigenvalue weighted by Crippen LogP contribution is -2.32. The van der Waals surface area contributed by atoms with Crippen LogP contribution in [-0.2, 0) is 18.5 Å². The Hall–Kier alpha value is -2.33. The Morgan fingerprint density at radius 1 is 0.857 bits per heavy atom. The van der Waals surface area contributed by atoms with Crippen LogP contribution < -0.4 is 5.62 Å². The fourth-order valence-corrected chi connectivity index (χ4v) is 3.75. The van der Waals surface area contributed by atoms with Crippen LogP contribution in [-0.4, -0.2) is 33.7 Å². The molecule has 0 aliphatic rings. The molecule has 0 radical (unpaired) electrons. The van der Waals surface area contributed by atoms with Crippen molar-refractivity contribution in [3.63, 3.8) is 0 Å². The van der Waals surface area contributed by atoms with Crippen LogP contribution in [0.25, 0.3) is 11.0 Å². The molecule has 0 unspecified atom stereocenters. The zero-order chi connectivity index (χ0) is 20.3. The maximum atomic E-state index is 8.83. The van der Waals surface area contributed by atoms with E-state index in [4.69, 9.17) is 5.41 Å². The van der Waals surface area contributed by atoms with E-state index < -0.39 is 0 Å². The first-order valence-electron chi connectivity index (χ1n) is 10.4. The molecule has 0 spiro atoms. The fraction of sp³-hybridized carbons (Fsp3) is 0.458. The van der Waals surface area contributed by atoms with Gasteiger partial charge in [-0.3, -0.25) is 5.41 Å². The number of nitrogens with one attached hydrogen (secondary N) is 1. The number of likely N-dealkylation sites (N-methyl/N-ethyl adjacent to an activating group) is 1. The Balaban J connectivity index is 1.93. The van der Waals surface area contributed by atoms with E-state index in [0.29, 0.717) is 5.62 Å². The van der Waals surface area contributed by atoms with Crippen molar-refractivity contribution in [2.45, 2.75) is 53.1 Å². The first kappa shape index (κ1) is 20.4. The van der Waals surface area contributed by atoms with E-state index in [1.165, 1.54) is 11.1 Å². The normalized spacial score (nSPS) is 12.2. The highest BCUT2D eigenvalue weighted by Gasteiger charge is 2.14. The average molecular weight is 379 g/mol. The van der Waals surface area contributed by atoms with Crippen molar-refractivity contribution in [1.29, 1.82) is 5.41 Å². The number of fused-ring (bicyclic) bond motifs is 1. The monoisotopic (exact) mass is 378 g/mol. The predicted octanol–water partition coefficient (Wildman–Crippen LogP) is 4.61. The molecule has 0 aliphatic carbocycles. The van der Waals surface area contributed by atoms with Gasteiger partial charge >= 0.3 is 0 Å². The smallest absolute Gasteiger partial charge is 0.203 e. The molecule has 4 heteroatoms. The first-order chi connectivity index (χ1) is 13.3. The highest BCUT2D eigenvalue weighted by molar-refractivity contribution is 5.76. The van der Waals surface area contributed by atoms with Crippen LogP contribution in [0.5, 0.6) is 0 Å². The molecule has 0 amide bonds. The molecule has 1 N–H and O–H groups in total. The number of hydrogen-bond donors (Lipinski definition) is 1. The molecule has 0 saturated carbocycles. The molecule has 150 valence electrons. The molecule has 0 bridgehead atoms. The summed E-state index contributed by atoms with van der Waals surface area (Å²) >= 11 is 0. The molecule has 0 saturated heterocycles. The minimum Gasteiger partial charge on any atom is -0.309 e. The van der Waals surface area contributed by atoms with Crippen molar-refractivity contribution in [3.8, 4) is 0 Å². The number of para-hydroxylation sites is 2. The van der Waals surface area contributed by atoms with Gasteiger partial charge in [-0.2, -0.15) is 0 Å². The zero-order valence-corrected chi connectivity index (χ0v) is 18.0. The van der Waals surface area contributed by atoms with E-state index >= 15 is 0 Å². The number of imidazole rings is 1. The second kappa shape index (κ2) is 8.36. The molecular formula is C24H34N4. The fourth-order valence-electron chi connectivity index (χ4n) is 3.75. The Labute approximate surface area is 168 Å². The van der Waals surface area contributed by atoms with Crippen LogP contribution in [0.15, 0.2) is 48.5 Å². The van der Waals surface area contributed by atoms with E-state index in [2.05, 4.69) is 97.2 Å². The summed E-state index contributed by atoms with van der Waals surface area (Å²) in [6.07, 6.45) is 0. The van der Waals surface area contributed by atoms with E-state index in [0.717, 1.165) is 43.8 Å². The van der Waals surface area contributed by atoms with Crippen LogP contribution in [0.4, 0.5) is 0 Å². The first-order valence-corrected chi connectivity index (χ1v) is 10.4. The van der Waals surface area contributed by atoms with Gasteiger partial charge < -0.3 is 14.0 Å². The molecule has 28 heavy (non-hydrogen) atoms. The van der Waals surface area contributed by atoms with Gasteiger partial charge in [-0.05, 0) is 41.8 Å². The van der Waals surface area contributed by atoms with Gasteiger partial charge in [0.1, 0.15) is 0 Å². The molecule has 0 fully saturated rings. The lowest BCUT2D eigenvalue weighted by Gasteiger charge is -2.19. The SMILES string of the molecule is CCN(CC)CCn1c(=N)n(Cc2ccc(C(C)(C)C)cc2)c2ccccc21. The quantitative estimate of drug-likeness (QED) is 0.640. The minimum atomic E-state index is 0.159. The Morgan fingerprint density at radius 3 is 1.96 bits per heavy atom. The molecule has 1 aromatic heterocycles. The van der Waals surface area contributed by atoms with Gasteiger partial charge in [0, 0.05) is 13.1 Å². The highest BCUT2D eigenvalue weighted by Crippen LogP contribution is 2.23. The van der Waals surface area contributed by atoms with E-state index in [9.17, 15) is 0 Å². The van der Waals surface area contributed by atoms with Crippen molar-refractivity contribution in [2.75, 3.05) is 19.6 Å². The summed E-state index contributed by atoms with van der Waals surface area (Å²) in [6.45, 7) is 15.7. The van der Waals surface area contributed by atoms with Crippen LogP contribution in [0.3, 0.4) is 0 Å². The third kappa shape index (κ3) is 4.22. The van der Waals surface area contributed by atoms with Crippen LogP contribution in [0.1, 0.15) is 45.7 Å². The Morgan fingerprint density at radius 2 is 1.43 bits per heavy atom. The van der Waals surface area contributed by atoms with Gasteiger partial charge in [-0.1, -0.05) is 71.0 Å². The van der Waals surface area contributed by atoms with Crippen LogP contribution in [0, 0.1) is 5.41 Å². The van der Waals surface area contributed by atoms with Crippen molar-refractivity contribution >= 4 is 11.0 Å². The van der Waals surface area contributed by atoms with E-state index in [-0.39, 0.29) is 5.41 Å². The molecule has 1 heterocycles. The summed E-state index contributed by atoms with van der Waals surface area (Å²) < 4.78 is 4.28. The molecule has 2 aromatic carbocycles. The Bertz CT molecular complexity index is 966. The number of aromatic nitrogens is 2. The predicted molar refractivity (Wildman–Crippen MR) is 118 cm³/mol. The van der Waals surface area contributed by atoms with Crippen LogP contribution >= 0.6 is 0 Å². The number of nitrogens with zero attached hydrogens (tertiary/aromatic N) is 3. The lowest BCUT2D eigenvalue weighted by molar-refractivity contribution is 0.289. The maximum absolute atomic E-state index is 8.83. The molecule has 4 nitrogen and oxygen atoms in total. The maximum Gasteiger partial charge on any atom is 0.203 e. The molecule has 0 aliphatic heterocycles. The molecule has 3 rings (SSSR count). The van der Waals surface area contributed by atoms with Crippen molar-refractivity contribution in [1.82, 2.24) is 14.0 Å². The molecule has 3 aromatic rings. The number of rotatable bonds is 7. The van der Waals surface area contributed by atoms with Crippen LogP contribution in [0.2, 0.25) is 0 Å². The molecular weight excluding hydrogens is 344 g/mol. The number of benzene rings is 2. The highest BCUT2D eigenvalue weighted by atomic mass is 15.2. The van der Waals surface area contributed by atoms with Gasteiger partial charge in [0.2, 0.25) is 5.62 Å². The van der Waals surface area contributed by atoms with Crippen molar-refractivity contribution in [2.24, 2.45) is 0 Å². The lowest BCUT2D eigenvalue weighted by atomic mass is 9.87. The average Bonchev–Trinajstić information content (AvgIpc) is 2.94. The Kier molecular flexibility index (Phi) is 6.09. The standard InChI is InChI=1S/C24H34N4/c1-6-26(7-2)16-17-27-21-10-8-9-11-22(21)28(23(27)25)18-19-12-14-20(15-13-19)24(3,4)5/h8-15,25H,6-7,16-18H2,1-5H3. The van der Waals surface area contributed by atoms with Gasteiger partial charge in [-0.25, -0.2) is 0 Å². The van der Waals surface area contributed by atoms with Gasteiger partial charge in [0.15, 0.2) is 0 Å². The third-order valence-electron chi connectivity index (χ3n) is 5.67. The summed E-state index contributed by atoms with van der Waals surface area (Å²) in [5, 5.41) is 8.83. The van der Waals surface area contributed by atoms with Gasteiger partial charge in [0.05, 0.1) is 17.6 Å². The van der Waals surface area contributed by atoms with E-state index in [1.54, 1.807) is 0 Å². The summed E-state index contributed by atoms with van der Waals surface area (Å²) in [5.74, 6) is 0. The van der Waals surface area contributed by atoms with Gasteiger partial charge in [0.25, 0.3) is 0 Å². The second-order valence-corrected chi connectivity index (χ2v) is 8.52. The topological polar surface area (TPSA) is 37.0 Å². The summed E-state index contributed by atoms with van der Waals surface area (Å²) in [5.41, 5.74) is 5.59. The van der Waals surface area contributed by atoms with Crippen molar-refractivity contribution in [3.05, 3.63) is 65.3 Å². The summed E-state index contributed by atoms with van der Waals surface area (Å²) in [4.78, 5) is 2.41. The molecule has 0 atom stereocenters. The third-order valence-corrected chi connectivity index (χ3v) is 5.67. The zero-order valence-electron chi connectivity index (χ0n) is 18.0. The van der Waals surface area contributed by atoms with Gasteiger partial charge in [-0.15, -0.1) is 0 Å². The summed E-state index contributed by atoms with van der Waals surface area (Å²) in [6, 6.07) is 17.2. The summed E-state index contributed by atoms with van der Waals surface area (Å²) in [7, 11) is 0. The second-order valence-electron chi connectivity index (χ2n) is 8.52. The largest absolute Gasteiger partial charge is 0.309 e. The van der Waals surface area contributed by atoms with Crippen molar-refractivity contribution < 1.29 is 0 Å². The van der Waals surface area contributed by atoms with E-state index in [1.807, 2.05) is 0 Å². The minimum absolute atomic E-state index is 0.159. The number of hydrogen-bond acceptors (Lipinski definition) is 2.